The molecule has 0 saturated carbocycles. The van der Waals surface area contributed by atoms with Crippen LogP contribution < -0.4 is 14.8 Å². The maximum atomic E-state index is 11.1. The first-order chi connectivity index (χ1) is 11.8. The van der Waals surface area contributed by atoms with E-state index in [1.807, 2.05) is 19.9 Å². The Hall–Kier alpha value is -2.11. The van der Waals surface area contributed by atoms with Crippen molar-refractivity contribution >= 4 is 34.9 Å². The minimum absolute atomic E-state index is 0.0343. The first kappa shape index (κ1) is 19.2. The van der Waals surface area contributed by atoms with Gasteiger partial charge in [-0.25, -0.2) is 4.79 Å². The molecule has 0 unspecified atom stereocenters. The number of anilines is 1. The van der Waals surface area contributed by atoms with Gasteiger partial charge in [0.2, 0.25) is 0 Å². The highest BCUT2D eigenvalue weighted by molar-refractivity contribution is 6.33. The van der Waals surface area contributed by atoms with Crippen molar-refractivity contribution < 1.29 is 19.4 Å². The van der Waals surface area contributed by atoms with Gasteiger partial charge in [-0.2, -0.15) is 0 Å². The van der Waals surface area contributed by atoms with Crippen LogP contribution in [-0.2, 0) is 6.54 Å². The molecule has 5 nitrogen and oxygen atoms in total. The summed E-state index contributed by atoms with van der Waals surface area (Å²) in [7, 11) is 1.54. The second kappa shape index (κ2) is 8.32. The second-order valence-electron chi connectivity index (χ2n) is 5.63. The molecule has 2 rings (SSSR count). The largest absolute Gasteiger partial charge is 0.493 e. The Labute approximate surface area is 156 Å². The number of carboxylic acids is 1. The molecule has 25 heavy (non-hydrogen) atoms. The Kier molecular flexibility index (Phi) is 6.39. The number of benzene rings is 2. The first-order valence-electron chi connectivity index (χ1n) is 7.61. The van der Waals surface area contributed by atoms with Crippen molar-refractivity contribution in [1.82, 2.24) is 0 Å². The van der Waals surface area contributed by atoms with Crippen molar-refractivity contribution in [2.45, 2.75) is 26.5 Å². The normalized spacial score (nSPS) is 10.6. The molecule has 134 valence electrons. The molecular weight excluding hydrogens is 365 g/mol. The molecule has 0 spiro atoms. The van der Waals surface area contributed by atoms with Crippen LogP contribution in [0.3, 0.4) is 0 Å². The highest BCUT2D eigenvalue weighted by Gasteiger charge is 2.14. The number of aromatic carboxylic acids is 1. The van der Waals surface area contributed by atoms with Gasteiger partial charge in [-0.3, -0.25) is 0 Å². The lowest BCUT2D eigenvalue weighted by molar-refractivity contribution is 0.0697. The molecular formula is C18H19Cl2NO4. The smallest absolute Gasteiger partial charge is 0.335 e. The molecule has 0 fully saturated rings. The summed E-state index contributed by atoms with van der Waals surface area (Å²) in [6.07, 6.45) is -0.0343. The monoisotopic (exact) mass is 383 g/mol. The Morgan fingerprint density at radius 3 is 2.52 bits per heavy atom. The zero-order chi connectivity index (χ0) is 18.6. The van der Waals surface area contributed by atoms with Gasteiger partial charge in [0.05, 0.1) is 34.5 Å². The molecule has 2 N–H and O–H groups in total. The lowest BCUT2D eigenvalue weighted by atomic mass is 10.1. The zero-order valence-corrected chi connectivity index (χ0v) is 15.6. The van der Waals surface area contributed by atoms with E-state index >= 15 is 0 Å². The van der Waals surface area contributed by atoms with Crippen LogP contribution >= 0.6 is 23.2 Å². The van der Waals surface area contributed by atoms with Crippen LogP contribution in [0.2, 0.25) is 10.0 Å². The number of methoxy groups -OCH3 is 1. The van der Waals surface area contributed by atoms with E-state index in [1.54, 1.807) is 19.2 Å². The summed E-state index contributed by atoms with van der Waals surface area (Å²) < 4.78 is 11.0. The molecule has 0 bridgehead atoms. The summed E-state index contributed by atoms with van der Waals surface area (Å²) in [4.78, 5) is 11.1. The summed E-state index contributed by atoms with van der Waals surface area (Å²) in [5.41, 5.74) is 1.53. The summed E-state index contributed by atoms with van der Waals surface area (Å²) in [5, 5.41) is 13.1. The van der Waals surface area contributed by atoms with Gasteiger partial charge in [0.25, 0.3) is 0 Å². The fraction of sp³-hybridized carbons (Fsp3) is 0.278. The van der Waals surface area contributed by atoms with E-state index < -0.39 is 5.97 Å². The molecule has 0 radical (unpaired) electrons. The maximum absolute atomic E-state index is 11.1. The van der Waals surface area contributed by atoms with Crippen molar-refractivity contribution in [1.29, 1.82) is 0 Å². The topological polar surface area (TPSA) is 67.8 Å². The van der Waals surface area contributed by atoms with Gasteiger partial charge in [0.15, 0.2) is 11.5 Å². The van der Waals surface area contributed by atoms with E-state index in [0.29, 0.717) is 33.8 Å². The van der Waals surface area contributed by atoms with E-state index in [9.17, 15) is 4.79 Å². The van der Waals surface area contributed by atoms with Gasteiger partial charge in [0.1, 0.15) is 0 Å². The summed E-state index contributed by atoms with van der Waals surface area (Å²) in [5.74, 6) is 0.0109. The van der Waals surface area contributed by atoms with Crippen molar-refractivity contribution in [3.63, 3.8) is 0 Å². The van der Waals surface area contributed by atoms with E-state index in [1.165, 1.54) is 12.1 Å². The second-order valence-corrected chi connectivity index (χ2v) is 6.44. The van der Waals surface area contributed by atoms with E-state index in [4.69, 9.17) is 37.8 Å². The predicted octanol–water partition coefficient (Wildman–Crippen LogP) is 5.10. The molecule has 0 saturated heterocycles. The van der Waals surface area contributed by atoms with Gasteiger partial charge in [-0.15, -0.1) is 0 Å². The van der Waals surface area contributed by atoms with E-state index in [0.717, 1.165) is 5.56 Å². The molecule has 0 aliphatic rings. The van der Waals surface area contributed by atoms with Gasteiger partial charge in [-0.05, 0) is 49.7 Å². The third kappa shape index (κ3) is 4.94. The van der Waals surface area contributed by atoms with Crippen LogP contribution in [0, 0.1) is 0 Å². The van der Waals surface area contributed by atoms with Crippen molar-refractivity contribution in [3.05, 3.63) is 51.5 Å². The van der Waals surface area contributed by atoms with Crippen LogP contribution in [0.4, 0.5) is 5.69 Å². The van der Waals surface area contributed by atoms with Gasteiger partial charge >= 0.3 is 5.97 Å². The van der Waals surface area contributed by atoms with Crippen LogP contribution in [0.15, 0.2) is 30.3 Å². The minimum Gasteiger partial charge on any atom is -0.493 e. The van der Waals surface area contributed by atoms with Crippen molar-refractivity contribution in [2.24, 2.45) is 0 Å². The van der Waals surface area contributed by atoms with Crippen LogP contribution in [-0.4, -0.2) is 24.3 Å². The van der Waals surface area contributed by atoms with Crippen LogP contribution in [0.25, 0.3) is 0 Å². The van der Waals surface area contributed by atoms with Gasteiger partial charge in [0, 0.05) is 6.54 Å². The molecule has 0 aromatic heterocycles. The van der Waals surface area contributed by atoms with Crippen molar-refractivity contribution in [3.8, 4) is 11.5 Å². The Morgan fingerprint density at radius 2 is 1.92 bits per heavy atom. The molecule has 0 amide bonds. The summed E-state index contributed by atoms with van der Waals surface area (Å²) in [6, 6.07) is 8.06. The molecule has 0 aliphatic carbocycles. The Balaban J connectivity index is 2.22. The van der Waals surface area contributed by atoms with Crippen LogP contribution in [0.5, 0.6) is 11.5 Å². The summed E-state index contributed by atoms with van der Waals surface area (Å²) >= 11 is 12.4. The quantitative estimate of drug-likeness (QED) is 0.695. The lowest BCUT2D eigenvalue weighted by Gasteiger charge is -2.17. The highest BCUT2D eigenvalue weighted by atomic mass is 35.5. The van der Waals surface area contributed by atoms with Crippen molar-refractivity contribution in [2.75, 3.05) is 12.4 Å². The number of hydrogen-bond acceptors (Lipinski definition) is 4. The number of carbonyl (C=O) groups is 1. The first-order valence-corrected chi connectivity index (χ1v) is 8.37. The predicted molar refractivity (Wildman–Crippen MR) is 99.5 cm³/mol. The number of carboxylic acid groups (broad SMARTS) is 1. The fourth-order valence-electron chi connectivity index (χ4n) is 2.22. The molecule has 2 aromatic rings. The third-order valence-electron chi connectivity index (χ3n) is 3.34. The molecule has 0 aliphatic heterocycles. The molecule has 0 heterocycles. The SMILES string of the molecule is COc1cc(CNc2cc(C(=O)O)ccc2Cl)cc(Cl)c1OC(C)C. The Bertz CT molecular complexity index is 778. The number of halogens is 2. The lowest BCUT2D eigenvalue weighted by Crippen LogP contribution is -2.08. The summed E-state index contributed by atoms with van der Waals surface area (Å²) in [6.45, 7) is 4.20. The number of hydrogen-bond donors (Lipinski definition) is 2. The number of rotatable bonds is 7. The third-order valence-corrected chi connectivity index (χ3v) is 3.95. The molecule has 2 aromatic carbocycles. The highest BCUT2D eigenvalue weighted by Crippen LogP contribution is 2.37. The van der Waals surface area contributed by atoms with E-state index in [-0.39, 0.29) is 11.7 Å². The van der Waals surface area contributed by atoms with Gasteiger partial charge < -0.3 is 19.9 Å². The molecule has 0 atom stereocenters. The Morgan fingerprint density at radius 1 is 1.20 bits per heavy atom. The minimum atomic E-state index is -1.01. The zero-order valence-electron chi connectivity index (χ0n) is 14.1. The fourth-order valence-corrected chi connectivity index (χ4v) is 2.68. The van der Waals surface area contributed by atoms with Crippen LogP contribution in [0.1, 0.15) is 29.8 Å². The van der Waals surface area contributed by atoms with E-state index in [2.05, 4.69) is 5.32 Å². The number of ether oxygens (including phenoxy) is 2. The van der Waals surface area contributed by atoms with Gasteiger partial charge in [-0.1, -0.05) is 23.2 Å². The number of nitrogens with one attached hydrogen (secondary N) is 1. The average Bonchev–Trinajstić information content (AvgIpc) is 2.55. The molecule has 7 heteroatoms. The standard InChI is InChI=1S/C18H19Cl2NO4/c1-10(2)25-17-14(20)6-11(7-16(17)24-3)9-21-15-8-12(18(22)23)4-5-13(15)19/h4-8,10,21H,9H2,1-3H3,(H,22,23). The average molecular weight is 384 g/mol. The maximum Gasteiger partial charge on any atom is 0.335 e.